The Labute approximate surface area is 101 Å². The van der Waals surface area contributed by atoms with Gasteiger partial charge in [-0.05, 0) is 31.1 Å². The molecule has 0 aliphatic heterocycles. The Hall–Kier alpha value is -0.330. The van der Waals surface area contributed by atoms with Gasteiger partial charge in [-0.15, -0.1) is 0 Å². The van der Waals surface area contributed by atoms with Gasteiger partial charge < -0.3 is 0 Å². The van der Waals surface area contributed by atoms with Crippen molar-refractivity contribution < 1.29 is 4.79 Å². The Bertz CT molecular complexity index is 207. The molecule has 0 spiro atoms. The Morgan fingerprint density at radius 3 is 2.62 bits per heavy atom. The summed E-state index contributed by atoms with van der Waals surface area (Å²) in [7, 11) is 0. The second-order valence-electron chi connectivity index (χ2n) is 5.79. The van der Waals surface area contributed by atoms with Crippen LogP contribution in [0.3, 0.4) is 0 Å². The Kier molecular flexibility index (Phi) is 6.08. The molecule has 0 radical (unpaired) electrons. The number of rotatable bonds is 6. The first-order chi connectivity index (χ1) is 7.65. The zero-order valence-electron chi connectivity index (χ0n) is 11.3. The third-order valence-corrected chi connectivity index (χ3v) is 4.15. The highest BCUT2D eigenvalue weighted by Crippen LogP contribution is 2.34. The van der Waals surface area contributed by atoms with E-state index in [1.165, 1.54) is 32.1 Å². The third kappa shape index (κ3) is 4.27. The highest BCUT2D eigenvalue weighted by Gasteiger charge is 2.29. The first-order valence-electron chi connectivity index (χ1n) is 7.17. The molecule has 1 heteroatoms. The molecule has 0 heterocycles. The van der Waals surface area contributed by atoms with Gasteiger partial charge in [-0.3, -0.25) is 4.79 Å². The van der Waals surface area contributed by atoms with Crippen LogP contribution in [0.15, 0.2) is 0 Å². The smallest absolute Gasteiger partial charge is 0.135 e. The van der Waals surface area contributed by atoms with Crippen molar-refractivity contribution in [2.45, 2.75) is 72.1 Å². The van der Waals surface area contributed by atoms with Crippen LogP contribution in [0.1, 0.15) is 72.1 Å². The molecule has 1 nitrogen and oxygen atoms in total. The quantitative estimate of drug-likeness (QED) is 0.603. The number of ketones is 1. The minimum Gasteiger partial charge on any atom is -0.299 e. The maximum Gasteiger partial charge on any atom is 0.135 e. The van der Waals surface area contributed by atoms with E-state index < -0.39 is 0 Å². The lowest BCUT2D eigenvalue weighted by Gasteiger charge is -2.30. The van der Waals surface area contributed by atoms with Crippen molar-refractivity contribution >= 4 is 5.78 Å². The lowest BCUT2D eigenvalue weighted by molar-refractivity contribution is -0.126. The number of carbonyl (C=O) groups excluding carboxylic acids is 1. The van der Waals surface area contributed by atoms with Gasteiger partial charge in [0.25, 0.3) is 0 Å². The van der Waals surface area contributed by atoms with E-state index in [1.807, 2.05) is 0 Å². The van der Waals surface area contributed by atoms with Crippen LogP contribution in [-0.4, -0.2) is 5.78 Å². The maximum absolute atomic E-state index is 11.8. The molecule has 0 saturated heterocycles. The van der Waals surface area contributed by atoms with E-state index in [4.69, 9.17) is 0 Å². The summed E-state index contributed by atoms with van der Waals surface area (Å²) in [4.78, 5) is 11.8. The first-order valence-corrected chi connectivity index (χ1v) is 7.17. The molecule has 1 saturated carbocycles. The molecule has 0 N–H and O–H groups in total. The number of unbranched alkanes of at least 4 members (excludes halogenated alkanes) is 3. The van der Waals surface area contributed by atoms with Gasteiger partial charge in [0.1, 0.15) is 5.78 Å². The molecular weight excluding hydrogens is 196 g/mol. The van der Waals surface area contributed by atoms with Crippen molar-refractivity contribution in [3.05, 3.63) is 0 Å². The molecule has 0 aromatic rings. The van der Waals surface area contributed by atoms with Crippen LogP contribution in [0.4, 0.5) is 0 Å². The lowest BCUT2D eigenvalue weighted by atomic mass is 9.74. The van der Waals surface area contributed by atoms with Crippen LogP contribution in [0, 0.1) is 17.8 Å². The van der Waals surface area contributed by atoms with Crippen molar-refractivity contribution in [1.29, 1.82) is 0 Å². The average Bonchev–Trinajstić information content (AvgIpc) is 2.26. The summed E-state index contributed by atoms with van der Waals surface area (Å²) in [5.41, 5.74) is 0. The van der Waals surface area contributed by atoms with E-state index in [-0.39, 0.29) is 0 Å². The topological polar surface area (TPSA) is 17.1 Å². The fraction of sp³-hybridized carbons (Fsp3) is 0.933. The molecule has 0 aromatic heterocycles. The number of carbonyl (C=O) groups is 1. The predicted octanol–water partition coefficient (Wildman–Crippen LogP) is 4.60. The molecule has 2 atom stereocenters. The number of Topliss-reactive ketones (excluding diaryl/α,β-unsaturated/α-hetero) is 1. The van der Waals surface area contributed by atoms with E-state index in [0.29, 0.717) is 11.7 Å². The fourth-order valence-corrected chi connectivity index (χ4v) is 2.85. The molecule has 1 aliphatic rings. The summed E-state index contributed by atoms with van der Waals surface area (Å²) in [6.45, 7) is 6.84. The Morgan fingerprint density at radius 2 is 2.00 bits per heavy atom. The molecule has 16 heavy (non-hydrogen) atoms. The molecule has 1 fully saturated rings. The van der Waals surface area contributed by atoms with Gasteiger partial charge in [-0.1, -0.05) is 46.5 Å². The summed E-state index contributed by atoms with van der Waals surface area (Å²) in [5.74, 6) is 2.51. The minimum atomic E-state index is 0.401. The number of hydrogen-bond acceptors (Lipinski definition) is 1. The zero-order valence-corrected chi connectivity index (χ0v) is 11.3. The van der Waals surface area contributed by atoms with E-state index in [2.05, 4.69) is 20.8 Å². The van der Waals surface area contributed by atoms with Crippen molar-refractivity contribution in [2.75, 3.05) is 0 Å². The normalized spacial score (nSPS) is 26.4. The summed E-state index contributed by atoms with van der Waals surface area (Å²) in [6.07, 6.45) is 9.50. The van der Waals surface area contributed by atoms with Crippen molar-refractivity contribution in [2.24, 2.45) is 17.8 Å². The second kappa shape index (κ2) is 7.09. The van der Waals surface area contributed by atoms with Gasteiger partial charge in [-0.25, -0.2) is 0 Å². The minimum absolute atomic E-state index is 0.401. The van der Waals surface area contributed by atoms with Crippen LogP contribution in [0.25, 0.3) is 0 Å². The van der Waals surface area contributed by atoms with Gasteiger partial charge in [-0.2, -0.15) is 0 Å². The van der Waals surface area contributed by atoms with Crippen LogP contribution in [-0.2, 0) is 4.79 Å². The maximum atomic E-state index is 11.8. The second-order valence-corrected chi connectivity index (χ2v) is 5.79. The summed E-state index contributed by atoms with van der Waals surface area (Å²) >= 11 is 0. The largest absolute Gasteiger partial charge is 0.299 e. The summed E-state index contributed by atoms with van der Waals surface area (Å²) < 4.78 is 0. The van der Waals surface area contributed by atoms with Gasteiger partial charge in [0.2, 0.25) is 0 Å². The van der Waals surface area contributed by atoms with Crippen LogP contribution >= 0.6 is 0 Å². The first kappa shape index (κ1) is 13.7. The molecule has 0 aromatic carbocycles. The SMILES string of the molecule is CCCCCCC1CC(C(C)C)CCC1=O. The third-order valence-electron chi connectivity index (χ3n) is 4.15. The van der Waals surface area contributed by atoms with E-state index in [0.717, 1.165) is 31.1 Å². The molecule has 0 bridgehead atoms. The monoisotopic (exact) mass is 224 g/mol. The highest BCUT2D eigenvalue weighted by atomic mass is 16.1. The number of hydrogen-bond donors (Lipinski definition) is 0. The molecule has 94 valence electrons. The van der Waals surface area contributed by atoms with Gasteiger partial charge in [0.15, 0.2) is 0 Å². The van der Waals surface area contributed by atoms with Crippen molar-refractivity contribution in [3.63, 3.8) is 0 Å². The van der Waals surface area contributed by atoms with Crippen LogP contribution in [0.5, 0.6) is 0 Å². The van der Waals surface area contributed by atoms with E-state index >= 15 is 0 Å². The van der Waals surface area contributed by atoms with Crippen molar-refractivity contribution in [1.82, 2.24) is 0 Å². The Balaban J connectivity index is 2.29. The van der Waals surface area contributed by atoms with E-state index in [9.17, 15) is 4.79 Å². The molecule has 1 rings (SSSR count). The predicted molar refractivity (Wildman–Crippen MR) is 69.4 cm³/mol. The van der Waals surface area contributed by atoms with Crippen LogP contribution in [0.2, 0.25) is 0 Å². The van der Waals surface area contributed by atoms with Gasteiger partial charge in [0.05, 0.1) is 0 Å². The molecule has 1 aliphatic carbocycles. The fourth-order valence-electron chi connectivity index (χ4n) is 2.85. The van der Waals surface area contributed by atoms with Crippen LogP contribution < -0.4 is 0 Å². The lowest BCUT2D eigenvalue weighted by Crippen LogP contribution is -2.27. The standard InChI is InChI=1S/C15H28O/c1-4-5-6-7-8-14-11-13(12(2)3)9-10-15(14)16/h12-14H,4-11H2,1-3H3. The molecular formula is C15H28O. The zero-order chi connectivity index (χ0) is 12.0. The Morgan fingerprint density at radius 1 is 1.25 bits per heavy atom. The van der Waals surface area contributed by atoms with Crippen molar-refractivity contribution in [3.8, 4) is 0 Å². The summed E-state index contributed by atoms with van der Waals surface area (Å²) in [6, 6.07) is 0. The molecule has 0 amide bonds. The molecule has 2 unspecified atom stereocenters. The average molecular weight is 224 g/mol. The summed E-state index contributed by atoms with van der Waals surface area (Å²) in [5, 5.41) is 0. The van der Waals surface area contributed by atoms with Gasteiger partial charge >= 0.3 is 0 Å². The van der Waals surface area contributed by atoms with E-state index in [1.54, 1.807) is 0 Å². The highest BCUT2D eigenvalue weighted by molar-refractivity contribution is 5.81. The van der Waals surface area contributed by atoms with Gasteiger partial charge in [0, 0.05) is 12.3 Å².